The summed E-state index contributed by atoms with van der Waals surface area (Å²) in [5.41, 5.74) is 0.753. The molecule has 0 bridgehead atoms. The summed E-state index contributed by atoms with van der Waals surface area (Å²) in [5, 5.41) is 20.0. The Hall–Kier alpha value is -4.30. The van der Waals surface area contributed by atoms with E-state index in [0.717, 1.165) is 37.1 Å². The number of aliphatic hydroxyl groups is 1. The van der Waals surface area contributed by atoms with Gasteiger partial charge in [0.2, 0.25) is 0 Å². The second kappa shape index (κ2) is 10.1. The van der Waals surface area contributed by atoms with E-state index >= 15 is 0 Å². The summed E-state index contributed by atoms with van der Waals surface area (Å²) in [7, 11) is 1.46. The number of ether oxygens (including phenoxy) is 2. The maximum atomic E-state index is 14.3. The second-order valence-corrected chi connectivity index (χ2v) is 12.0. The predicted molar refractivity (Wildman–Crippen MR) is 151 cm³/mol. The van der Waals surface area contributed by atoms with Crippen molar-refractivity contribution in [3.05, 3.63) is 71.1 Å². The molecule has 0 spiro atoms. The van der Waals surface area contributed by atoms with Crippen molar-refractivity contribution in [2.75, 3.05) is 20.3 Å². The highest BCUT2D eigenvalue weighted by Crippen LogP contribution is 2.52. The molecule has 3 aliphatic rings. The lowest BCUT2D eigenvalue weighted by Gasteiger charge is -2.31. The van der Waals surface area contributed by atoms with E-state index in [4.69, 9.17) is 15.2 Å². The molecule has 1 aliphatic heterocycles. The van der Waals surface area contributed by atoms with Crippen molar-refractivity contribution < 1.29 is 41.3 Å². The van der Waals surface area contributed by atoms with E-state index in [1.165, 1.54) is 13.2 Å². The molecular formula is C31H28F5N5O4. The highest BCUT2D eigenvalue weighted by Gasteiger charge is 2.59. The molecule has 2 atom stereocenters. The molecule has 14 heteroatoms. The van der Waals surface area contributed by atoms with Crippen LogP contribution in [0.4, 0.5) is 22.0 Å². The number of carbonyl (C=O) groups is 1. The van der Waals surface area contributed by atoms with E-state index < -0.39 is 59.5 Å². The number of benzene rings is 2. The van der Waals surface area contributed by atoms with Crippen LogP contribution in [0.2, 0.25) is 0 Å². The molecule has 1 amide bonds. The highest BCUT2D eigenvalue weighted by molar-refractivity contribution is 6.00. The van der Waals surface area contributed by atoms with Gasteiger partial charge in [-0.3, -0.25) is 9.48 Å². The summed E-state index contributed by atoms with van der Waals surface area (Å²) < 4.78 is 83.5. The number of nitrogens with two attached hydrogens (primary N) is 1. The average Bonchev–Trinajstić information content (AvgIpc) is 3.95. The minimum absolute atomic E-state index is 0.0762. The molecule has 9 nitrogen and oxygen atoms in total. The zero-order chi connectivity index (χ0) is 31.9. The zero-order valence-corrected chi connectivity index (χ0v) is 23.9. The zero-order valence-electron chi connectivity index (χ0n) is 23.9. The first-order chi connectivity index (χ1) is 21.3. The summed E-state index contributed by atoms with van der Waals surface area (Å²) in [5.74, 6) is -3.40. The highest BCUT2D eigenvalue weighted by atomic mass is 19.4. The summed E-state index contributed by atoms with van der Waals surface area (Å²) in [6.45, 7) is -1.39. The summed E-state index contributed by atoms with van der Waals surface area (Å²) in [6.07, 6.45) is -0.0801. The van der Waals surface area contributed by atoms with Crippen molar-refractivity contribution in [3.63, 3.8) is 0 Å². The van der Waals surface area contributed by atoms with Crippen LogP contribution in [-0.4, -0.2) is 52.2 Å². The Bertz CT molecular complexity index is 1850. The molecule has 236 valence electrons. The Balaban J connectivity index is 1.27. The van der Waals surface area contributed by atoms with Crippen LogP contribution in [-0.2, 0) is 11.1 Å². The van der Waals surface area contributed by atoms with E-state index in [1.807, 2.05) is 10.9 Å². The number of fused-ring (bicyclic) bond motifs is 2. The quantitative estimate of drug-likeness (QED) is 0.238. The Morgan fingerprint density at radius 2 is 1.91 bits per heavy atom. The van der Waals surface area contributed by atoms with Crippen LogP contribution < -0.4 is 20.5 Å². The van der Waals surface area contributed by atoms with Gasteiger partial charge in [0, 0.05) is 28.3 Å². The van der Waals surface area contributed by atoms with Crippen LogP contribution in [0.1, 0.15) is 53.3 Å². The van der Waals surface area contributed by atoms with Gasteiger partial charge in [0.05, 0.1) is 25.4 Å². The normalized spacial score (nSPS) is 20.9. The van der Waals surface area contributed by atoms with Gasteiger partial charge in [-0.25, -0.2) is 13.8 Å². The number of carbonyl (C=O) groups excluding carboxylic acids is 1. The van der Waals surface area contributed by atoms with E-state index in [2.05, 4.69) is 15.4 Å². The van der Waals surface area contributed by atoms with E-state index in [-0.39, 0.29) is 28.3 Å². The first-order valence-corrected chi connectivity index (χ1v) is 14.4. The number of alkyl halides is 3. The Kier molecular flexibility index (Phi) is 6.61. The number of rotatable bonds is 8. The molecule has 3 heterocycles. The third-order valence-electron chi connectivity index (χ3n) is 8.81. The van der Waals surface area contributed by atoms with Crippen molar-refractivity contribution in [1.82, 2.24) is 20.1 Å². The lowest BCUT2D eigenvalue weighted by atomic mass is 9.86. The Morgan fingerprint density at radius 1 is 1.16 bits per heavy atom. The predicted octanol–water partition coefficient (Wildman–Crippen LogP) is 4.86. The van der Waals surface area contributed by atoms with Crippen LogP contribution >= 0.6 is 0 Å². The maximum absolute atomic E-state index is 14.3. The van der Waals surface area contributed by atoms with Crippen molar-refractivity contribution in [3.8, 4) is 22.8 Å². The summed E-state index contributed by atoms with van der Waals surface area (Å²) in [4.78, 5) is 17.9. The second-order valence-electron chi connectivity index (χ2n) is 12.0. The molecule has 45 heavy (non-hydrogen) atoms. The van der Waals surface area contributed by atoms with Gasteiger partial charge >= 0.3 is 6.18 Å². The molecule has 4 N–H and O–H groups in total. The Labute approximate surface area is 253 Å². The number of aromatic nitrogens is 3. The van der Waals surface area contributed by atoms with E-state index in [1.54, 1.807) is 6.07 Å². The topological polar surface area (TPSA) is 125 Å². The SMILES string of the molecule is COc1cc(C(=O)NCC(O)(c2cc3c(c(-c4ccc(F)c(F)c4)n2)OC[C@@]3(N)C(F)(F)F)C2CC2)cc2cn(C3CC3)nc12. The fourth-order valence-electron chi connectivity index (χ4n) is 5.83. The molecule has 2 aliphatic carbocycles. The molecule has 2 aromatic heterocycles. The van der Waals surface area contributed by atoms with Crippen LogP contribution in [0.3, 0.4) is 0 Å². The molecule has 1 unspecified atom stereocenters. The number of nitrogens with one attached hydrogen (secondary N) is 1. The third kappa shape index (κ3) is 4.86. The smallest absolute Gasteiger partial charge is 0.414 e. The van der Waals surface area contributed by atoms with Gasteiger partial charge in [-0.15, -0.1) is 0 Å². The standard InChI is InChI=1S/C31H28F5N5O4/c1-44-23-10-16(8-17-12-41(19-5-6-19)40-25(17)23)28(42)38-13-29(43,18-3-4-18)24-11-20-27(45-14-30(20,37)31(34,35)36)26(39-24)15-2-7-21(32)22(33)9-15/h2,7-12,18-19,43H,3-6,13-14,37H2,1H3,(H,38,42)/t29?,30-/m0/s1. The molecule has 2 fully saturated rings. The van der Waals surface area contributed by atoms with Gasteiger partial charge in [0.1, 0.15) is 29.2 Å². The number of halogens is 5. The average molecular weight is 630 g/mol. The largest absolute Gasteiger partial charge is 0.494 e. The molecule has 0 radical (unpaired) electrons. The van der Waals surface area contributed by atoms with Gasteiger partial charge in [-0.1, -0.05) is 0 Å². The monoisotopic (exact) mass is 629 g/mol. The minimum Gasteiger partial charge on any atom is -0.494 e. The molecule has 2 saturated carbocycles. The van der Waals surface area contributed by atoms with Gasteiger partial charge in [0.25, 0.3) is 5.91 Å². The number of nitrogens with zero attached hydrogens (tertiary/aromatic N) is 3. The van der Waals surface area contributed by atoms with Crippen LogP contribution in [0.5, 0.6) is 11.5 Å². The van der Waals surface area contributed by atoms with Crippen LogP contribution in [0.25, 0.3) is 22.2 Å². The number of amides is 1. The van der Waals surface area contributed by atoms with E-state index in [9.17, 15) is 31.9 Å². The van der Waals surface area contributed by atoms with Gasteiger partial charge in [0.15, 0.2) is 22.9 Å². The number of methoxy groups -OCH3 is 1. The van der Waals surface area contributed by atoms with Gasteiger partial charge < -0.3 is 25.6 Å². The third-order valence-corrected chi connectivity index (χ3v) is 8.81. The first kappa shape index (κ1) is 29.4. The van der Waals surface area contributed by atoms with Crippen LogP contribution in [0, 0.1) is 17.6 Å². The van der Waals surface area contributed by atoms with Gasteiger partial charge in [-0.05, 0) is 68.0 Å². The van der Waals surface area contributed by atoms with Crippen LogP contribution in [0.15, 0.2) is 42.6 Å². The fraction of sp³-hybridized carbons (Fsp3) is 0.387. The van der Waals surface area contributed by atoms with E-state index in [0.29, 0.717) is 35.5 Å². The lowest BCUT2D eigenvalue weighted by molar-refractivity contribution is -0.191. The molecule has 7 rings (SSSR count). The fourth-order valence-corrected chi connectivity index (χ4v) is 5.83. The van der Waals surface area contributed by atoms with Crippen molar-refractivity contribution >= 4 is 16.8 Å². The number of hydrogen-bond acceptors (Lipinski definition) is 7. The summed E-state index contributed by atoms with van der Waals surface area (Å²) >= 11 is 0. The van der Waals surface area contributed by atoms with Gasteiger partial charge in [-0.2, -0.15) is 18.3 Å². The number of hydrogen-bond donors (Lipinski definition) is 3. The number of pyridine rings is 1. The van der Waals surface area contributed by atoms with Crippen molar-refractivity contribution in [2.24, 2.45) is 11.7 Å². The summed E-state index contributed by atoms with van der Waals surface area (Å²) in [6, 6.07) is 7.24. The molecular weight excluding hydrogens is 601 g/mol. The van der Waals surface area contributed by atoms with Crippen molar-refractivity contribution in [1.29, 1.82) is 0 Å². The molecule has 4 aromatic rings. The van der Waals surface area contributed by atoms with Crippen molar-refractivity contribution in [2.45, 2.75) is 49.0 Å². The first-order valence-electron chi connectivity index (χ1n) is 14.4. The molecule has 0 saturated heterocycles. The molecule has 2 aromatic carbocycles. The lowest BCUT2D eigenvalue weighted by Crippen LogP contribution is -2.52. The Morgan fingerprint density at radius 3 is 2.56 bits per heavy atom. The maximum Gasteiger partial charge on any atom is 0.414 e. The minimum atomic E-state index is -4.96.